The Balaban J connectivity index is 2.02. The van der Waals surface area contributed by atoms with Gasteiger partial charge in [0.15, 0.2) is 0 Å². The number of hydrogen-bond acceptors (Lipinski definition) is 3. The lowest BCUT2D eigenvalue weighted by molar-refractivity contribution is -0.142. The minimum absolute atomic E-state index is 0.0495. The van der Waals surface area contributed by atoms with E-state index < -0.39 is 5.97 Å². The highest BCUT2D eigenvalue weighted by atomic mass is 32.1. The Hall–Kier alpha value is -1.65. The highest BCUT2D eigenvalue weighted by Crippen LogP contribution is 2.37. The van der Waals surface area contributed by atoms with Crippen LogP contribution in [0.4, 0.5) is 0 Å². The minimum Gasteiger partial charge on any atom is -0.480 e. The molecule has 0 spiro atoms. The zero-order valence-electron chi connectivity index (χ0n) is 12.0. The number of aryl methyl sites for hydroxylation is 1. The van der Waals surface area contributed by atoms with E-state index in [2.05, 4.69) is 36.1 Å². The molecule has 0 aliphatic carbocycles. The number of benzene rings is 1. The molecule has 4 heteroatoms. The van der Waals surface area contributed by atoms with Crippen LogP contribution in [0.2, 0.25) is 0 Å². The van der Waals surface area contributed by atoms with E-state index >= 15 is 0 Å². The summed E-state index contributed by atoms with van der Waals surface area (Å²) in [6.45, 7) is 2.93. The second-order valence-corrected chi connectivity index (χ2v) is 6.82. The van der Waals surface area contributed by atoms with E-state index in [0.717, 1.165) is 19.4 Å². The SMILES string of the molecule is Cc1ccc(C(c2ccccc2)N2CCCC2C(=O)O)s1. The Morgan fingerprint density at radius 2 is 2.05 bits per heavy atom. The molecule has 21 heavy (non-hydrogen) atoms. The van der Waals surface area contributed by atoms with Crippen molar-refractivity contribution in [1.82, 2.24) is 4.90 Å². The highest BCUT2D eigenvalue weighted by molar-refractivity contribution is 7.12. The van der Waals surface area contributed by atoms with Gasteiger partial charge in [-0.2, -0.15) is 0 Å². The van der Waals surface area contributed by atoms with Gasteiger partial charge in [0.2, 0.25) is 0 Å². The number of nitrogens with zero attached hydrogens (tertiary/aromatic N) is 1. The van der Waals surface area contributed by atoms with Crippen LogP contribution in [0.1, 0.15) is 34.2 Å². The lowest BCUT2D eigenvalue weighted by Crippen LogP contribution is -2.38. The molecule has 1 aliphatic heterocycles. The number of carboxylic acids is 1. The predicted octanol–water partition coefficient (Wildman–Crippen LogP) is 3.69. The van der Waals surface area contributed by atoms with Gasteiger partial charge in [-0.05, 0) is 37.5 Å². The van der Waals surface area contributed by atoms with E-state index in [0.29, 0.717) is 0 Å². The highest BCUT2D eigenvalue weighted by Gasteiger charge is 2.37. The Bertz CT molecular complexity index is 623. The van der Waals surface area contributed by atoms with Crippen molar-refractivity contribution in [3.8, 4) is 0 Å². The van der Waals surface area contributed by atoms with E-state index in [1.54, 1.807) is 11.3 Å². The first-order valence-corrected chi connectivity index (χ1v) is 8.08. The van der Waals surface area contributed by atoms with Crippen LogP contribution in [-0.2, 0) is 4.79 Å². The van der Waals surface area contributed by atoms with Crippen molar-refractivity contribution in [1.29, 1.82) is 0 Å². The third-order valence-electron chi connectivity index (χ3n) is 4.06. The van der Waals surface area contributed by atoms with Crippen molar-refractivity contribution < 1.29 is 9.90 Å². The normalized spacial score (nSPS) is 20.5. The monoisotopic (exact) mass is 301 g/mol. The number of carboxylic acid groups (broad SMARTS) is 1. The summed E-state index contributed by atoms with van der Waals surface area (Å²) in [6, 6.07) is 14.2. The molecule has 1 fully saturated rings. The van der Waals surface area contributed by atoms with Crippen LogP contribution >= 0.6 is 11.3 Å². The van der Waals surface area contributed by atoms with Crippen molar-refractivity contribution in [2.45, 2.75) is 31.8 Å². The van der Waals surface area contributed by atoms with E-state index in [1.165, 1.54) is 15.3 Å². The molecule has 3 rings (SSSR count). The average Bonchev–Trinajstić information content (AvgIpc) is 3.10. The average molecular weight is 301 g/mol. The number of rotatable bonds is 4. The molecule has 3 nitrogen and oxygen atoms in total. The Labute approximate surface area is 128 Å². The predicted molar refractivity (Wildman–Crippen MR) is 84.7 cm³/mol. The molecule has 2 aromatic rings. The third kappa shape index (κ3) is 2.87. The molecular formula is C17H19NO2S. The molecule has 1 aliphatic rings. The van der Waals surface area contributed by atoms with Crippen molar-refractivity contribution in [3.63, 3.8) is 0 Å². The number of aliphatic carboxylic acids is 1. The van der Waals surface area contributed by atoms with Gasteiger partial charge in [0, 0.05) is 16.3 Å². The second-order valence-electron chi connectivity index (χ2n) is 5.50. The van der Waals surface area contributed by atoms with Gasteiger partial charge in [0.1, 0.15) is 6.04 Å². The molecule has 2 heterocycles. The molecule has 0 bridgehead atoms. The molecule has 1 saturated heterocycles. The molecule has 2 atom stereocenters. The van der Waals surface area contributed by atoms with Crippen molar-refractivity contribution in [2.24, 2.45) is 0 Å². The van der Waals surface area contributed by atoms with E-state index in [4.69, 9.17) is 0 Å². The summed E-state index contributed by atoms with van der Waals surface area (Å²) in [4.78, 5) is 16.2. The molecular weight excluding hydrogens is 282 g/mol. The summed E-state index contributed by atoms with van der Waals surface area (Å²) in [5.41, 5.74) is 1.17. The van der Waals surface area contributed by atoms with Crippen LogP contribution in [0.3, 0.4) is 0 Å². The summed E-state index contributed by atoms with van der Waals surface area (Å²) < 4.78 is 0. The summed E-state index contributed by atoms with van der Waals surface area (Å²) in [5, 5.41) is 9.49. The summed E-state index contributed by atoms with van der Waals surface area (Å²) in [6.07, 6.45) is 1.69. The van der Waals surface area contributed by atoms with Crippen LogP contribution in [-0.4, -0.2) is 28.6 Å². The largest absolute Gasteiger partial charge is 0.480 e. The van der Waals surface area contributed by atoms with Crippen LogP contribution in [0, 0.1) is 6.92 Å². The third-order valence-corrected chi connectivity index (χ3v) is 5.11. The number of carbonyl (C=O) groups is 1. The van der Waals surface area contributed by atoms with Crippen LogP contribution in [0.5, 0.6) is 0 Å². The maximum Gasteiger partial charge on any atom is 0.320 e. The second kappa shape index (κ2) is 6.00. The molecule has 1 aromatic heterocycles. The first kappa shape index (κ1) is 14.3. The van der Waals surface area contributed by atoms with Gasteiger partial charge in [-0.25, -0.2) is 0 Å². The first-order chi connectivity index (χ1) is 10.2. The summed E-state index contributed by atoms with van der Waals surface area (Å²) >= 11 is 1.76. The fourth-order valence-corrected chi connectivity index (χ4v) is 4.15. The van der Waals surface area contributed by atoms with Crippen molar-refractivity contribution in [2.75, 3.05) is 6.54 Å². The standard InChI is InChI=1S/C17H19NO2S/c1-12-9-10-15(21-12)16(13-6-3-2-4-7-13)18-11-5-8-14(18)17(19)20/h2-4,6-7,9-10,14,16H,5,8,11H2,1H3,(H,19,20). The fourth-order valence-electron chi connectivity index (χ4n) is 3.12. The topological polar surface area (TPSA) is 40.5 Å². The maximum atomic E-state index is 11.5. The van der Waals surface area contributed by atoms with Crippen LogP contribution in [0.25, 0.3) is 0 Å². The number of hydrogen-bond donors (Lipinski definition) is 1. The Kier molecular flexibility index (Phi) is 4.08. The van der Waals surface area contributed by atoms with Gasteiger partial charge in [-0.3, -0.25) is 9.69 Å². The van der Waals surface area contributed by atoms with Gasteiger partial charge in [-0.1, -0.05) is 30.3 Å². The van der Waals surface area contributed by atoms with Crippen molar-refractivity contribution in [3.05, 3.63) is 57.8 Å². The molecule has 2 unspecified atom stereocenters. The maximum absolute atomic E-state index is 11.5. The molecule has 1 N–H and O–H groups in total. The van der Waals surface area contributed by atoms with Crippen LogP contribution < -0.4 is 0 Å². The van der Waals surface area contributed by atoms with Gasteiger partial charge >= 0.3 is 5.97 Å². The van der Waals surface area contributed by atoms with Gasteiger partial charge in [-0.15, -0.1) is 11.3 Å². The molecule has 0 amide bonds. The van der Waals surface area contributed by atoms with E-state index in [1.807, 2.05) is 18.2 Å². The molecule has 0 radical (unpaired) electrons. The van der Waals surface area contributed by atoms with Crippen molar-refractivity contribution >= 4 is 17.3 Å². The molecule has 110 valence electrons. The van der Waals surface area contributed by atoms with E-state index in [9.17, 15) is 9.90 Å². The lowest BCUT2D eigenvalue weighted by atomic mass is 10.0. The lowest BCUT2D eigenvalue weighted by Gasteiger charge is -2.31. The molecule has 0 saturated carbocycles. The van der Waals surface area contributed by atoms with Gasteiger partial charge in [0.25, 0.3) is 0 Å². The zero-order chi connectivity index (χ0) is 14.8. The van der Waals surface area contributed by atoms with Crippen LogP contribution in [0.15, 0.2) is 42.5 Å². The van der Waals surface area contributed by atoms with Gasteiger partial charge in [0.05, 0.1) is 6.04 Å². The smallest absolute Gasteiger partial charge is 0.320 e. The fraction of sp³-hybridized carbons (Fsp3) is 0.353. The minimum atomic E-state index is -0.707. The summed E-state index contributed by atoms with van der Waals surface area (Å²) in [5.74, 6) is -0.707. The zero-order valence-corrected chi connectivity index (χ0v) is 12.8. The number of likely N-dealkylation sites (tertiary alicyclic amines) is 1. The quantitative estimate of drug-likeness (QED) is 0.936. The first-order valence-electron chi connectivity index (χ1n) is 7.26. The molecule has 1 aromatic carbocycles. The van der Waals surface area contributed by atoms with Gasteiger partial charge < -0.3 is 5.11 Å². The summed E-state index contributed by atoms with van der Waals surface area (Å²) in [7, 11) is 0. The Morgan fingerprint density at radius 3 is 2.67 bits per heavy atom. The number of thiophene rings is 1. The Morgan fingerprint density at radius 1 is 1.29 bits per heavy atom. The van der Waals surface area contributed by atoms with E-state index in [-0.39, 0.29) is 12.1 Å².